The molecule has 1 aromatic heterocycles. The van der Waals surface area contributed by atoms with E-state index in [-0.39, 0.29) is 43.7 Å². The van der Waals surface area contributed by atoms with Crippen LogP contribution in [0.1, 0.15) is 0 Å². The van der Waals surface area contributed by atoms with Crippen LogP contribution in [0.25, 0.3) is 109 Å². The summed E-state index contributed by atoms with van der Waals surface area (Å²) >= 11 is 0. The molecule has 11 aromatic rings. The van der Waals surface area contributed by atoms with Gasteiger partial charge >= 0.3 is 0 Å². The molecule has 0 unspecified atom stereocenters. The number of hydrogen-bond donors (Lipinski definition) is 0. The fraction of sp³-hybridized carbons (Fsp3) is 0. The van der Waals surface area contributed by atoms with Gasteiger partial charge in [-0.2, -0.15) is 0 Å². The summed E-state index contributed by atoms with van der Waals surface area (Å²) in [6.07, 6.45) is 0. The van der Waals surface area contributed by atoms with Gasteiger partial charge in [-0.15, -0.1) is 21.9 Å². The molecule has 1 heterocycles. The van der Waals surface area contributed by atoms with Crippen molar-refractivity contribution in [1.82, 2.24) is 0 Å². The van der Waals surface area contributed by atoms with E-state index in [1.807, 2.05) is 42.5 Å². The summed E-state index contributed by atoms with van der Waals surface area (Å²) < 4.78 is 6.38. The van der Waals surface area contributed by atoms with Gasteiger partial charge in [0.2, 0.25) is 0 Å². The van der Waals surface area contributed by atoms with Crippen molar-refractivity contribution in [3.63, 3.8) is 0 Å². The lowest BCUT2D eigenvalue weighted by Crippen LogP contribution is -2.50. The molecule has 0 saturated heterocycles. The van der Waals surface area contributed by atoms with Crippen molar-refractivity contribution in [2.24, 2.45) is 0 Å². The maximum absolute atomic E-state index is 7.07. The summed E-state index contributed by atoms with van der Waals surface area (Å²) in [7, 11) is 55.0. The summed E-state index contributed by atoms with van der Waals surface area (Å²) in [4.78, 5) is 0. The van der Waals surface area contributed by atoms with E-state index in [2.05, 4.69) is 91.0 Å². The quantitative estimate of drug-likeness (QED) is 0.146. The molecular formula is C50H22B8O. The van der Waals surface area contributed by atoms with Gasteiger partial charge in [-0.05, 0) is 124 Å². The summed E-state index contributed by atoms with van der Waals surface area (Å²) in [5.74, 6) is 0. The largest absolute Gasteiger partial charge is 0.456 e. The molecule has 0 N–H and O–H groups in total. The smallest absolute Gasteiger partial charge is 0.136 e. The Hall–Kier alpha value is -6.18. The second-order valence-corrected chi connectivity index (χ2v) is 15.4. The standard InChI is InChI=1S/C50H22B8O/c51-43-39-37(29-13-16-32-28(19-29)11-10-27-18-26(12-15-31(27)32)23-6-2-1-3-7-23)40-42(46(54)50(58)48(56)44(40)52)38(41(39)45(53)49(57)47(43)55)30-14-17-35-33(21-30)34-20-24-8-4-5-9-25(24)22-36(34)59-35/h1-22H. The van der Waals surface area contributed by atoms with Crippen LogP contribution in [0.15, 0.2) is 138 Å². The minimum Gasteiger partial charge on any atom is -0.456 e. The fourth-order valence-electron chi connectivity index (χ4n) is 9.18. The third-order valence-corrected chi connectivity index (χ3v) is 12.2. The van der Waals surface area contributed by atoms with E-state index in [0.29, 0.717) is 32.7 Å². The van der Waals surface area contributed by atoms with Crippen molar-refractivity contribution < 1.29 is 4.42 Å². The predicted molar refractivity (Wildman–Crippen MR) is 261 cm³/mol. The Morgan fingerprint density at radius 2 is 0.712 bits per heavy atom. The summed E-state index contributed by atoms with van der Waals surface area (Å²) in [6.45, 7) is 0. The van der Waals surface area contributed by atoms with Crippen LogP contribution in [-0.4, -0.2) is 62.8 Å². The molecule has 16 radical (unpaired) electrons. The first-order valence-corrected chi connectivity index (χ1v) is 19.2. The maximum Gasteiger partial charge on any atom is 0.136 e. The summed E-state index contributed by atoms with van der Waals surface area (Å²) in [5, 5.41) is 10.6. The van der Waals surface area contributed by atoms with Crippen molar-refractivity contribution in [2.75, 3.05) is 0 Å². The van der Waals surface area contributed by atoms with Crippen LogP contribution < -0.4 is 43.7 Å². The highest BCUT2D eigenvalue weighted by Gasteiger charge is 2.25. The Morgan fingerprint density at radius 3 is 1.27 bits per heavy atom. The molecule has 0 aliphatic carbocycles. The first-order valence-electron chi connectivity index (χ1n) is 19.2. The highest BCUT2D eigenvalue weighted by Crippen LogP contribution is 2.43. The van der Waals surface area contributed by atoms with Crippen molar-refractivity contribution in [3.8, 4) is 33.4 Å². The Morgan fingerprint density at radius 1 is 0.271 bits per heavy atom. The van der Waals surface area contributed by atoms with Gasteiger partial charge in [0.15, 0.2) is 0 Å². The molecule has 0 amide bonds. The van der Waals surface area contributed by atoms with Gasteiger partial charge < -0.3 is 4.42 Å². The third-order valence-electron chi connectivity index (χ3n) is 12.2. The second kappa shape index (κ2) is 13.2. The molecule has 0 aliphatic rings. The number of benzene rings is 10. The minimum absolute atomic E-state index is 0.165. The highest BCUT2D eigenvalue weighted by molar-refractivity contribution is 6.71. The molecule has 9 heteroatoms. The van der Waals surface area contributed by atoms with E-state index >= 15 is 0 Å². The zero-order valence-corrected chi connectivity index (χ0v) is 31.7. The average molecular weight is 725 g/mol. The van der Waals surface area contributed by atoms with Gasteiger partial charge in [0.1, 0.15) is 73.9 Å². The van der Waals surface area contributed by atoms with E-state index in [9.17, 15) is 0 Å². The minimum atomic E-state index is 0.165. The molecule has 0 saturated carbocycles. The van der Waals surface area contributed by atoms with Crippen molar-refractivity contribution in [3.05, 3.63) is 133 Å². The van der Waals surface area contributed by atoms with E-state index in [1.165, 1.54) is 0 Å². The monoisotopic (exact) mass is 726 g/mol. The van der Waals surface area contributed by atoms with Gasteiger partial charge in [-0.3, -0.25) is 0 Å². The fourth-order valence-corrected chi connectivity index (χ4v) is 9.18. The Bertz CT molecular complexity index is 3570. The van der Waals surface area contributed by atoms with Crippen LogP contribution in [0, 0.1) is 0 Å². The van der Waals surface area contributed by atoms with E-state index < -0.39 is 0 Å². The Kier molecular flexibility index (Phi) is 8.02. The molecule has 0 bridgehead atoms. The SMILES string of the molecule is [B]c1c([B])c([B])c2c(-c3ccc4oc5cc6ccccc6cc5c4c3)c3c([B])c([B])c([B])c([B])c3c(-c3ccc4c(ccc5cc(-c6ccccc6)ccc54)c3)c2c1[B]. The third kappa shape index (κ3) is 5.23. The average Bonchev–Trinajstić information content (AvgIpc) is 3.63. The lowest BCUT2D eigenvalue weighted by molar-refractivity contribution is 0.669. The van der Waals surface area contributed by atoms with Crippen molar-refractivity contribution in [2.45, 2.75) is 0 Å². The van der Waals surface area contributed by atoms with Gasteiger partial charge in [0, 0.05) is 10.8 Å². The molecule has 0 spiro atoms. The number of fused-ring (bicyclic) bond motifs is 9. The Balaban J connectivity index is 1.24. The molecule has 252 valence electrons. The molecule has 10 aromatic carbocycles. The first kappa shape index (κ1) is 35.9. The topological polar surface area (TPSA) is 13.1 Å². The summed E-state index contributed by atoms with van der Waals surface area (Å²) in [5.41, 5.74) is 8.34. The maximum atomic E-state index is 7.07. The number of furan rings is 1. The molecule has 59 heavy (non-hydrogen) atoms. The lowest BCUT2D eigenvalue weighted by atomic mass is 9.59. The van der Waals surface area contributed by atoms with Gasteiger partial charge in [-0.25, -0.2) is 0 Å². The van der Waals surface area contributed by atoms with Crippen LogP contribution in [-0.2, 0) is 0 Å². The van der Waals surface area contributed by atoms with Crippen LogP contribution in [0.4, 0.5) is 0 Å². The van der Waals surface area contributed by atoms with Crippen LogP contribution in [0.2, 0.25) is 0 Å². The van der Waals surface area contributed by atoms with E-state index in [1.54, 1.807) is 0 Å². The summed E-state index contributed by atoms with van der Waals surface area (Å²) in [6, 6.07) is 45.8. The predicted octanol–water partition coefficient (Wildman–Crippen LogP) is 4.70. The van der Waals surface area contributed by atoms with Gasteiger partial charge in [0.05, 0.1) is 0 Å². The molecule has 0 aliphatic heterocycles. The van der Waals surface area contributed by atoms with E-state index in [4.69, 9.17) is 67.2 Å². The highest BCUT2D eigenvalue weighted by atomic mass is 16.3. The molecule has 11 rings (SSSR count). The second-order valence-electron chi connectivity index (χ2n) is 15.4. The van der Waals surface area contributed by atoms with E-state index in [0.717, 1.165) is 76.5 Å². The number of hydrogen-bond acceptors (Lipinski definition) is 1. The van der Waals surface area contributed by atoms with Crippen molar-refractivity contribution in [1.29, 1.82) is 0 Å². The lowest BCUT2D eigenvalue weighted by Gasteiger charge is -2.28. The van der Waals surface area contributed by atoms with Gasteiger partial charge in [0.25, 0.3) is 0 Å². The molecule has 0 fully saturated rings. The zero-order valence-electron chi connectivity index (χ0n) is 31.7. The normalized spacial score (nSPS) is 11.9. The molecular weight excluding hydrogens is 703 g/mol. The molecule has 0 atom stereocenters. The molecule has 1 nitrogen and oxygen atoms in total. The zero-order chi connectivity index (χ0) is 40.4. The van der Waals surface area contributed by atoms with Crippen LogP contribution in [0.3, 0.4) is 0 Å². The Labute approximate surface area is 351 Å². The van der Waals surface area contributed by atoms with Crippen LogP contribution >= 0.6 is 0 Å². The van der Waals surface area contributed by atoms with Gasteiger partial charge in [-0.1, -0.05) is 119 Å². The van der Waals surface area contributed by atoms with Crippen LogP contribution in [0.5, 0.6) is 0 Å². The first-order chi connectivity index (χ1) is 28.6. The number of rotatable bonds is 3. The van der Waals surface area contributed by atoms with Crippen molar-refractivity contribution >= 4 is 182 Å².